The molecule has 0 atom stereocenters. The number of rotatable bonds is 6. The molecule has 0 spiro atoms. The van der Waals surface area contributed by atoms with Crippen molar-refractivity contribution < 1.29 is 9.53 Å². The van der Waals surface area contributed by atoms with E-state index >= 15 is 0 Å². The van der Waals surface area contributed by atoms with Gasteiger partial charge < -0.3 is 9.30 Å². The summed E-state index contributed by atoms with van der Waals surface area (Å²) in [6, 6.07) is 22.3. The van der Waals surface area contributed by atoms with Gasteiger partial charge in [0.2, 0.25) is 5.17 Å². The van der Waals surface area contributed by atoms with E-state index in [1.807, 2.05) is 63.2 Å². The van der Waals surface area contributed by atoms with Crippen LogP contribution in [0.4, 0.5) is 0 Å². The minimum Gasteiger partial charge on any atom is -0.491 e. The van der Waals surface area contributed by atoms with Crippen LogP contribution in [0, 0.1) is 33.1 Å². The molecule has 3 heterocycles. The molecule has 2 aliphatic rings. The van der Waals surface area contributed by atoms with Crippen molar-refractivity contribution in [2.45, 2.75) is 34.2 Å². The number of nitrogens with one attached hydrogen (secondary N) is 1. The minimum atomic E-state index is -0.432. The van der Waals surface area contributed by atoms with Crippen molar-refractivity contribution in [3.8, 4) is 5.75 Å². The van der Waals surface area contributed by atoms with Crippen LogP contribution < -0.4 is 4.74 Å². The monoisotopic (exact) mass is 547 g/mol. The highest BCUT2D eigenvalue weighted by Crippen LogP contribution is 2.33. The highest BCUT2D eigenvalue weighted by Gasteiger charge is 2.36. The third kappa shape index (κ3) is 4.64. The quantitative estimate of drug-likeness (QED) is 0.275. The van der Waals surface area contributed by atoms with Gasteiger partial charge in [-0.15, -0.1) is 0 Å². The van der Waals surface area contributed by atoms with Gasteiger partial charge in [0.05, 0.1) is 12.1 Å². The molecule has 7 nitrogen and oxygen atoms in total. The van der Waals surface area contributed by atoms with Crippen LogP contribution in [0.2, 0.25) is 0 Å². The van der Waals surface area contributed by atoms with Crippen molar-refractivity contribution in [1.82, 2.24) is 9.58 Å². The molecule has 4 aromatic rings. The molecule has 1 amide bonds. The molecule has 0 unspecified atom stereocenters. The van der Waals surface area contributed by atoms with Crippen LogP contribution in [0.5, 0.6) is 5.75 Å². The normalized spacial score (nSPS) is 16.0. The Bertz CT molecular complexity index is 1780. The van der Waals surface area contributed by atoms with Crippen molar-refractivity contribution in [2.75, 3.05) is 6.61 Å². The Morgan fingerprint density at radius 2 is 1.73 bits per heavy atom. The predicted molar refractivity (Wildman–Crippen MR) is 163 cm³/mol. The van der Waals surface area contributed by atoms with Gasteiger partial charge in [-0.3, -0.25) is 10.2 Å². The number of aromatic nitrogens is 1. The maximum Gasteiger partial charge on any atom is 0.283 e. The first kappa shape index (κ1) is 25.8. The lowest BCUT2D eigenvalue weighted by Crippen LogP contribution is -2.35. The maximum absolute atomic E-state index is 13.2. The summed E-state index contributed by atoms with van der Waals surface area (Å²) in [4.78, 5) is 17.5. The van der Waals surface area contributed by atoms with E-state index < -0.39 is 5.91 Å². The lowest BCUT2D eigenvalue weighted by atomic mass is 10.1. The van der Waals surface area contributed by atoms with Gasteiger partial charge in [0.1, 0.15) is 17.4 Å². The molecule has 2 aliphatic heterocycles. The summed E-state index contributed by atoms with van der Waals surface area (Å²) < 4.78 is 8.36. The first-order valence-corrected chi connectivity index (χ1v) is 14.0. The summed E-state index contributed by atoms with van der Waals surface area (Å²) in [6.45, 7) is 9.32. The molecule has 0 aliphatic carbocycles. The van der Waals surface area contributed by atoms with Crippen LogP contribution in [-0.4, -0.2) is 38.1 Å². The minimum absolute atomic E-state index is 0.0269. The van der Waals surface area contributed by atoms with E-state index in [9.17, 15) is 4.79 Å². The van der Waals surface area contributed by atoms with E-state index in [1.54, 1.807) is 6.08 Å². The smallest absolute Gasteiger partial charge is 0.283 e. The Morgan fingerprint density at radius 1 is 0.975 bits per heavy atom. The van der Waals surface area contributed by atoms with Gasteiger partial charge in [0, 0.05) is 27.7 Å². The number of hydrogen-bond acceptors (Lipinski definition) is 5. The molecule has 200 valence electrons. The molecule has 6 rings (SSSR count). The number of amidine groups is 2. The highest BCUT2D eigenvalue weighted by atomic mass is 32.2. The van der Waals surface area contributed by atoms with E-state index in [-0.39, 0.29) is 11.4 Å². The largest absolute Gasteiger partial charge is 0.491 e. The Morgan fingerprint density at radius 3 is 2.52 bits per heavy atom. The number of nitrogens with zero attached hydrogens (tertiary/aromatic N) is 4. The number of ether oxygens (including phenoxy) is 1. The van der Waals surface area contributed by atoms with Gasteiger partial charge in [-0.05, 0) is 68.8 Å². The zero-order valence-electron chi connectivity index (χ0n) is 22.9. The molecule has 1 aromatic heterocycles. The van der Waals surface area contributed by atoms with E-state index in [0.29, 0.717) is 23.4 Å². The Kier molecular flexibility index (Phi) is 6.64. The summed E-state index contributed by atoms with van der Waals surface area (Å²) >= 11 is 1.31. The second-order valence-corrected chi connectivity index (χ2v) is 11.0. The standard InChI is InChI=1S/C32H29N5O2S/c1-19-10-13-23(14-11-19)31-35-37-29(33)26(30(38)34-32(37)40-31)18-25-22(4)36(27-8-6-5-7-24(25)27)15-16-39-28-17-20(2)9-12-21(28)3/h5-14,17-18,33H,15-16H2,1-4H3/b26-18-,33-29?. The molecule has 1 N–H and O–H groups in total. The SMILES string of the molecule is Cc1ccc(C2=NN3C(=N)/C(=C/c4c(C)n(CCOc5cc(C)ccc5C)c5ccccc45)C(=O)N=C3S2)cc1. The number of fused-ring (bicyclic) bond motifs is 2. The fourth-order valence-electron chi connectivity index (χ4n) is 4.99. The number of benzene rings is 3. The molecular formula is C32H29N5O2S. The van der Waals surface area contributed by atoms with Crippen LogP contribution in [0.3, 0.4) is 0 Å². The second-order valence-electron chi connectivity index (χ2n) is 10.1. The fourth-order valence-corrected chi connectivity index (χ4v) is 5.88. The Balaban J connectivity index is 1.31. The summed E-state index contributed by atoms with van der Waals surface area (Å²) in [5.41, 5.74) is 7.50. The predicted octanol–water partition coefficient (Wildman–Crippen LogP) is 6.62. The van der Waals surface area contributed by atoms with Gasteiger partial charge in [0.15, 0.2) is 5.84 Å². The number of amides is 1. The lowest BCUT2D eigenvalue weighted by molar-refractivity contribution is -0.114. The van der Waals surface area contributed by atoms with Crippen LogP contribution in [0.25, 0.3) is 17.0 Å². The van der Waals surface area contributed by atoms with Gasteiger partial charge in [-0.2, -0.15) is 15.1 Å². The topological polar surface area (TPSA) is 83.0 Å². The molecule has 3 aromatic carbocycles. The highest BCUT2D eigenvalue weighted by molar-refractivity contribution is 8.27. The van der Waals surface area contributed by atoms with Crippen LogP contribution in [-0.2, 0) is 11.3 Å². The van der Waals surface area contributed by atoms with Crippen molar-refractivity contribution in [3.63, 3.8) is 0 Å². The number of aryl methyl sites for hydroxylation is 3. The fraction of sp³-hybridized carbons (Fsp3) is 0.188. The Labute approximate surface area is 237 Å². The number of hydrazone groups is 1. The van der Waals surface area contributed by atoms with Crippen molar-refractivity contribution in [2.24, 2.45) is 10.1 Å². The number of para-hydroxylation sites is 1. The van der Waals surface area contributed by atoms with Crippen molar-refractivity contribution >= 4 is 50.7 Å². The van der Waals surface area contributed by atoms with E-state index in [4.69, 9.17) is 10.1 Å². The molecule has 0 saturated carbocycles. The average molecular weight is 548 g/mol. The Hall–Kier alpha value is -4.43. The van der Waals surface area contributed by atoms with E-state index in [2.05, 4.69) is 45.9 Å². The van der Waals surface area contributed by atoms with Crippen LogP contribution in [0.1, 0.15) is 33.5 Å². The first-order chi connectivity index (χ1) is 19.3. The number of aliphatic imine (C=N–C) groups is 1. The average Bonchev–Trinajstić information content (AvgIpc) is 3.48. The van der Waals surface area contributed by atoms with Crippen LogP contribution in [0.15, 0.2) is 82.4 Å². The first-order valence-electron chi connectivity index (χ1n) is 13.2. The maximum atomic E-state index is 13.2. The summed E-state index contributed by atoms with van der Waals surface area (Å²) in [5.74, 6) is 0.484. The number of hydrogen-bond donors (Lipinski definition) is 1. The molecule has 8 heteroatoms. The molecule has 0 radical (unpaired) electrons. The number of carbonyl (C=O) groups excluding carboxylic acids is 1. The van der Waals surface area contributed by atoms with Crippen molar-refractivity contribution in [1.29, 1.82) is 5.41 Å². The van der Waals surface area contributed by atoms with E-state index in [0.717, 1.165) is 50.2 Å². The van der Waals surface area contributed by atoms with Gasteiger partial charge >= 0.3 is 0 Å². The third-order valence-electron chi connectivity index (χ3n) is 7.24. The lowest BCUT2D eigenvalue weighted by Gasteiger charge is -2.20. The zero-order valence-corrected chi connectivity index (χ0v) is 23.7. The third-order valence-corrected chi connectivity index (χ3v) is 8.19. The summed E-state index contributed by atoms with van der Waals surface area (Å²) in [6.07, 6.45) is 1.79. The molecule has 40 heavy (non-hydrogen) atoms. The van der Waals surface area contributed by atoms with Gasteiger partial charge in [0.25, 0.3) is 5.91 Å². The molecule has 0 saturated heterocycles. The van der Waals surface area contributed by atoms with Crippen molar-refractivity contribution in [3.05, 3.63) is 106 Å². The molecular weight excluding hydrogens is 518 g/mol. The molecule has 0 bridgehead atoms. The summed E-state index contributed by atoms with van der Waals surface area (Å²) in [7, 11) is 0. The zero-order chi connectivity index (χ0) is 28.0. The van der Waals surface area contributed by atoms with Crippen LogP contribution >= 0.6 is 11.8 Å². The van der Waals surface area contributed by atoms with Gasteiger partial charge in [-0.1, -0.05) is 60.2 Å². The second kappa shape index (κ2) is 10.3. The van der Waals surface area contributed by atoms with Gasteiger partial charge in [-0.25, -0.2) is 0 Å². The van der Waals surface area contributed by atoms with E-state index in [1.165, 1.54) is 16.8 Å². The summed E-state index contributed by atoms with van der Waals surface area (Å²) in [5, 5.41) is 17.1. The number of carbonyl (C=O) groups is 1. The molecule has 0 fully saturated rings. The number of thioether (sulfide) groups is 1.